The van der Waals surface area contributed by atoms with E-state index in [0.29, 0.717) is 0 Å². The minimum atomic E-state index is -1.39. The highest BCUT2D eigenvalue weighted by Crippen LogP contribution is 2.28. The van der Waals surface area contributed by atoms with Crippen LogP contribution in [-0.2, 0) is 9.53 Å². The summed E-state index contributed by atoms with van der Waals surface area (Å²) >= 11 is 0. The molecule has 0 aliphatic carbocycles. The zero-order chi connectivity index (χ0) is 13.4. The quantitative estimate of drug-likeness (QED) is 0.559. The molecule has 1 aliphatic heterocycles. The molecule has 1 fully saturated rings. The summed E-state index contributed by atoms with van der Waals surface area (Å²) in [4.78, 5) is 26.2. The molecular formula is C10H13N3O5. The van der Waals surface area contributed by atoms with E-state index < -0.39 is 36.0 Å². The van der Waals surface area contributed by atoms with Gasteiger partial charge in [-0.2, -0.15) is 4.98 Å². The van der Waals surface area contributed by atoms with E-state index in [1.165, 1.54) is 19.2 Å². The molecule has 0 bridgehead atoms. The lowest BCUT2D eigenvalue weighted by Gasteiger charge is -2.16. The van der Waals surface area contributed by atoms with E-state index in [2.05, 4.69) is 4.98 Å². The Morgan fingerprint density at radius 1 is 1.50 bits per heavy atom. The van der Waals surface area contributed by atoms with Gasteiger partial charge in [0.1, 0.15) is 24.1 Å². The molecule has 0 amide bonds. The molecule has 4 N–H and O–H groups in total. The Labute approximate surface area is 102 Å². The van der Waals surface area contributed by atoms with Gasteiger partial charge in [0.15, 0.2) is 12.0 Å². The number of aliphatic hydroxyl groups excluding tert-OH is 2. The van der Waals surface area contributed by atoms with E-state index in [0.717, 1.165) is 4.57 Å². The highest BCUT2D eigenvalue weighted by Gasteiger charge is 2.46. The van der Waals surface area contributed by atoms with Crippen LogP contribution in [0.4, 0.5) is 5.82 Å². The molecule has 0 spiro atoms. The standard InChI is InChI=1S/C10H13N3O5/c1-4(14)8-6(15)7(16)9(18-8)13-3-2-5(11)12-10(13)17/h2-3,6-9,15-16H,1H3,(H2,11,12,17)/t6-,7+,8+,9+/m0/s1. The van der Waals surface area contributed by atoms with Gasteiger partial charge in [-0.25, -0.2) is 4.79 Å². The van der Waals surface area contributed by atoms with Gasteiger partial charge in [-0.1, -0.05) is 0 Å². The number of carbonyl (C=O) groups is 1. The first-order chi connectivity index (χ1) is 8.41. The van der Waals surface area contributed by atoms with Crippen LogP contribution in [0.2, 0.25) is 0 Å². The second kappa shape index (κ2) is 4.48. The molecule has 1 saturated heterocycles. The number of anilines is 1. The second-order valence-electron chi connectivity index (χ2n) is 4.08. The number of rotatable bonds is 2. The fraction of sp³-hybridized carbons (Fsp3) is 0.500. The second-order valence-corrected chi connectivity index (χ2v) is 4.08. The van der Waals surface area contributed by atoms with Crippen LogP contribution in [0, 0.1) is 0 Å². The highest BCUT2D eigenvalue weighted by atomic mass is 16.6. The first-order valence-electron chi connectivity index (χ1n) is 5.28. The lowest BCUT2D eigenvalue weighted by Crippen LogP contribution is -2.36. The van der Waals surface area contributed by atoms with Crippen molar-refractivity contribution in [2.24, 2.45) is 0 Å². The Morgan fingerprint density at radius 2 is 2.17 bits per heavy atom. The summed E-state index contributed by atoms with van der Waals surface area (Å²) in [7, 11) is 0. The van der Waals surface area contributed by atoms with Gasteiger partial charge in [0.2, 0.25) is 0 Å². The summed E-state index contributed by atoms with van der Waals surface area (Å²) in [5.74, 6) is -0.395. The zero-order valence-corrected chi connectivity index (χ0v) is 9.56. The van der Waals surface area contributed by atoms with E-state index in [-0.39, 0.29) is 5.82 Å². The largest absolute Gasteiger partial charge is 0.387 e. The van der Waals surface area contributed by atoms with Gasteiger partial charge in [-0.15, -0.1) is 0 Å². The summed E-state index contributed by atoms with van der Waals surface area (Å²) in [6, 6.07) is 1.35. The fourth-order valence-corrected chi connectivity index (χ4v) is 1.84. The SMILES string of the molecule is CC(=O)[C@H]1O[C@@H](n2ccc(N)nc2=O)[C@H](O)[C@@H]1O. The summed E-state index contributed by atoms with van der Waals surface area (Å²) in [5.41, 5.74) is 4.61. The van der Waals surface area contributed by atoms with Crippen molar-refractivity contribution in [1.82, 2.24) is 9.55 Å². The molecule has 8 heteroatoms. The molecule has 1 aromatic heterocycles. The van der Waals surface area contributed by atoms with E-state index in [9.17, 15) is 19.8 Å². The van der Waals surface area contributed by atoms with Crippen molar-refractivity contribution in [2.75, 3.05) is 5.73 Å². The van der Waals surface area contributed by atoms with Crippen LogP contribution in [0.1, 0.15) is 13.2 Å². The predicted molar refractivity (Wildman–Crippen MR) is 59.5 cm³/mol. The number of nitrogen functional groups attached to an aromatic ring is 1. The molecule has 2 rings (SSSR count). The number of ketones is 1. The van der Waals surface area contributed by atoms with E-state index in [1.807, 2.05) is 0 Å². The monoisotopic (exact) mass is 255 g/mol. The Kier molecular flexibility index (Phi) is 3.16. The summed E-state index contributed by atoms with van der Waals surface area (Å²) in [6.07, 6.45) is -3.80. The number of aliphatic hydroxyl groups is 2. The number of hydrogen-bond donors (Lipinski definition) is 3. The van der Waals surface area contributed by atoms with Crippen LogP contribution in [-0.4, -0.2) is 43.9 Å². The summed E-state index contributed by atoms with van der Waals surface area (Å²) < 4.78 is 6.17. The van der Waals surface area contributed by atoms with Gasteiger partial charge in [0.25, 0.3) is 0 Å². The van der Waals surface area contributed by atoms with Crippen LogP contribution in [0.3, 0.4) is 0 Å². The van der Waals surface area contributed by atoms with Crippen molar-refractivity contribution in [3.63, 3.8) is 0 Å². The molecule has 2 heterocycles. The zero-order valence-electron chi connectivity index (χ0n) is 9.56. The molecule has 0 radical (unpaired) electrons. The third kappa shape index (κ3) is 2.01. The molecule has 0 unspecified atom stereocenters. The van der Waals surface area contributed by atoms with Crippen molar-refractivity contribution in [2.45, 2.75) is 31.5 Å². The predicted octanol–water partition coefficient (Wildman–Crippen LogP) is -1.97. The molecule has 0 aromatic carbocycles. The maximum absolute atomic E-state index is 11.6. The van der Waals surface area contributed by atoms with Gasteiger partial charge >= 0.3 is 5.69 Å². The van der Waals surface area contributed by atoms with Gasteiger partial charge in [0, 0.05) is 6.20 Å². The van der Waals surface area contributed by atoms with Crippen LogP contribution in [0.25, 0.3) is 0 Å². The molecular weight excluding hydrogens is 242 g/mol. The molecule has 18 heavy (non-hydrogen) atoms. The number of hydrogen-bond acceptors (Lipinski definition) is 7. The van der Waals surface area contributed by atoms with E-state index >= 15 is 0 Å². The minimum Gasteiger partial charge on any atom is -0.387 e. The first-order valence-corrected chi connectivity index (χ1v) is 5.28. The average molecular weight is 255 g/mol. The van der Waals surface area contributed by atoms with E-state index in [1.54, 1.807) is 0 Å². The third-order valence-electron chi connectivity index (χ3n) is 2.76. The number of nitrogens with zero attached hydrogens (tertiary/aromatic N) is 2. The molecule has 1 aliphatic rings. The lowest BCUT2D eigenvalue weighted by molar-refractivity contribution is -0.133. The van der Waals surface area contributed by atoms with Crippen LogP contribution in [0.5, 0.6) is 0 Å². The topological polar surface area (TPSA) is 128 Å². The van der Waals surface area contributed by atoms with Gasteiger partial charge in [-0.05, 0) is 13.0 Å². The van der Waals surface area contributed by atoms with E-state index in [4.69, 9.17) is 10.5 Å². The average Bonchev–Trinajstić information content (AvgIpc) is 2.57. The Balaban J connectivity index is 2.35. The summed E-state index contributed by atoms with van der Waals surface area (Å²) in [5, 5.41) is 19.4. The fourth-order valence-electron chi connectivity index (χ4n) is 1.84. The van der Waals surface area contributed by atoms with Crippen molar-refractivity contribution in [1.29, 1.82) is 0 Å². The van der Waals surface area contributed by atoms with Gasteiger partial charge < -0.3 is 20.7 Å². The van der Waals surface area contributed by atoms with Gasteiger partial charge in [-0.3, -0.25) is 9.36 Å². The van der Waals surface area contributed by atoms with Crippen molar-refractivity contribution < 1.29 is 19.7 Å². The minimum absolute atomic E-state index is 0.0346. The third-order valence-corrected chi connectivity index (χ3v) is 2.76. The number of ether oxygens (including phenoxy) is 1. The Morgan fingerprint density at radius 3 is 2.67 bits per heavy atom. The van der Waals surface area contributed by atoms with Crippen LogP contribution in [0.15, 0.2) is 17.1 Å². The lowest BCUT2D eigenvalue weighted by atomic mass is 10.1. The first kappa shape index (κ1) is 12.7. The smallest absolute Gasteiger partial charge is 0.351 e. The van der Waals surface area contributed by atoms with Crippen molar-refractivity contribution >= 4 is 11.6 Å². The van der Waals surface area contributed by atoms with Gasteiger partial charge in [0.05, 0.1) is 0 Å². The Bertz CT molecular complexity index is 528. The van der Waals surface area contributed by atoms with Crippen molar-refractivity contribution in [3.05, 3.63) is 22.7 Å². The van der Waals surface area contributed by atoms with Crippen LogP contribution < -0.4 is 11.4 Å². The number of aromatic nitrogens is 2. The number of Topliss-reactive ketones (excluding diaryl/α,β-unsaturated/α-hetero) is 1. The molecule has 8 nitrogen and oxygen atoms in total. The maximum Gasteiger partial charge on any atom is 0.351 e. The molecule has 98 valence electrons. The van der Waals surface area contributed by atoms with Crippen LogP contribution >= 0.6 is 0 Å². The normalized spacial score (nSPS) is 31.5. The number of carbonyl (C=O) groups excluding carboxylic acids is 1. The maximum atomic E-state index is 11.6. The molecule has 1 aromatic rings. The number of nitrogens with two attached hydrogens (primary N) is 1. The van der Waals surface area contributed by atoms with Crippen molar-refractivity contribution in [3.8, 4) is 0 Å². The summed E-state index contributed by atoms with van der Waals surface area (Å²) in [6.45, 7) is 1.23. The Hall–Kier alpha value is -1.77. The highest BCUT2D eigenvalue weighted by molar-refractivity contribution is 5.81. The molecule has 0 saturated carbocycles. The molecule has 4 atom stereocenters.